The molecule has 0 heterocycles. The van der Waals surface area contributed by atoms with E-state index in [2.05, 4.69) is 24.1 Å². The average molecular weight is 197 g/mol. The van der Waals surface area contributed by atoms with Crippen LogP contribution in [-0.2, 0) is 13.9 Å². The van der Waals surface area contributed by atoms with Gasteiger partial charge in [-0.1, -0.05) is 26.7 Å². The van der Waals surface area contributed by atoms with Crippen LogP contribution in [0.2, 0.25) is 0 Å². The average Bonchev–Trinajstić information content (AvgIpc) is 2.01. The van der Waals surface area contributed by atoms with Gasteiger partial charge in [-0.15, -0.1) is 0 Å². The van der Waals surface area contributed by atoms with Crippen molar-refractivity contribution in [3.05, 3.63) is 0 Å². The minimum atomic E-state index is -2.98. The molecule has 1 atom stereocenters. The van der Waals surface area contributed by atoms with Gasteiger partial charge in [0.2, 0.25) is 5.91 Å². The van der Waals surface area contributed by atoms with Gasteiger partial charge in [0.15, 0.2) is 0 Å². The molecule has 3 N–H and O–H groups in total. The molecule has 0 fully saturated rings. The summed E-state index contributed by atoms with van der Waals surface area (Å²) < 4.78 is 13.6. The summed E-state index contributed by atoms with van der Waals surface area (Å²) in [6.45, 7) is 3.87. The first-order valence-corrected chi connectivity index (χ1v) is 4.94. The van der Waals surface area contributed by atoms with Crippen molar-refractivity contribution in [1.29, 1.82) is 0 Å². The number of rotatable bonds is 4. The van der Waals surface area contributed by atoms with Crippen molar-refractivity contribution < 1.29 is 18.8 Å². The van der Waals surface area contributed by atoms with E-state index in [0.29, 0.717) is 0 Å². The van der Waals surface area contributed by atoms with Crippen LogP contribution in [0.5, 0.6) is 0 Å². The van der Waals surface area contributed by atoms with Gasteiger partial charge in [-0.3, -0.25) is 9.36 Å². The second kappa shape index (κ2) is 10.6. The summed E-state index contributed by atoms with van der Waals surface area (Å²) in [5.74, 6) is -0.752. The largest absolute Gasteiger partial charge is 0.368 e. The van der Waals surface area contributed by atoms with Crippen LogP contribution < -0.4 is 5.73 Å². The minimum absolute atomic E-state index is 0.492. The third-order valence-electron chi connectivity index (χ3n) is 0.838. The molecule has 0 spiro atoms. The van der Waals surface area contributed by atoms with E-state index in [1.165, 1.54) is 12.8 Å². The van der Waals surface area contributed by atoms with Crippen LogP contribution in [0.1, 0.15) is 26.7 Å². The first-order valence-electron chi connectivity index (χ1n) is 3.68. The Bertz CT molecular complexity index is 124. The molecule has 0 aromatic carbocycles. The van der Waals surface area contributed by atoms with Crippen LogP contribution in [0.3, 0.4) is 0 Å². The zero-order valence-corrected chi connectivity index (χ0v) is 8.37. The zero-order valence-electron chi connectivity index (χ0n) is 7.37. The standard InChI is InChI=1S/C4H10.C2H6NO4P/c1-3-4-2;3-2(4)1-7-8(5)6/h3-4H2,1-2H3;8H,1H2,(H2,3,4)(H,5,6). The Hall–Kier alpha value is -0.380. The number of hydrogen-bond donors (Lipinski definition) is 2. The minimum Gasteiger partial charge on any atom is -0.368 e. The van der Waals surface area contributed by atoms with Crippen LogP contribution in [0, 0.1) is 0 Å². The molecule has 0 saturated carbocycles. The monoisotopic (exact) mass is 197 g/mol. The summed E-state index contributed by atoms with van der Waals surface area (Å²) in [7, 11) is -2.98. The lowest BCUT2D eigenvalue weighted by Crippen LogP contribution is -2.15. The molecule has 12 heavy (non-hydrogen) atoms. The van der Waals surface area contributed by atoms with Gasteiger partial charge in [0.1, 0.15) is 6.61 Å². The van der Waals surface area contributed by atoms with Crippen molar-refractivity contribution in [2.45, 2.75) is 26.7 Å². The van der Waals surface area contributed by atoms with Gasteiger partial charge < -0.3 is 15.2 Å². The van der Waals surface area contributed by atoms with Crippen molar-refractivity contribution in [1.82, 2.24) is 0 Å². The smallest absolute Gasteiger partial charge is 0.317 e. The third kappa shape index (κ3) is 22.6. The highest BCUT2D eigenvalue weighted by Gasteiger charge is 1.94. The first-order chi connectivity index (χ1) is 5.54. The van der Waals surface area contributed by atoms with Gasteiger partial charge in [0.05, 0.1) is 0 Å². The van der Waals surface area contributed by atoms with Gasteiger partial charge in [0.25, 0.3) is 0 Å². The lowest BCUT2D eigenvalue weighted by Gasteiger charge is -1.91. The SMILES string of the molecule is CCCC.NC(=O)CO[PH](=O)O. The highest BCUT2D eigenvalue weighted by Crippen LogP contribution is 2.12. The van der Waals surface area contributed by atoms with Crippen LogP contribution in [-0.4, -0.2) is 17.4 Å². The molecule has 0 saturated heterocycles. The molecule has 0 aromatic rings. The molecule has 74 valence electrons. The summed E-state index contributed by atoms with van der Waals surface area (Å²) in [6, 6.07) is 0. The number of primary amides is 1. The molecule has 0 bridgehead atoms. The van der Waals surface area contributed by atoms with Crippen molar-refractivity contribution in [3.63, 3.8) is 0 Å². The number of carbonyl (C=O) groups is 1. The topological polar surface area (TPSA) is 89.6 Å². The third-order valence-corrected chi connectivity index (χ3v) is 1.23. The molecule has 5 nitrogen and oxygen atoms in total. The van der Waals surface area contributed by atoms with E-state index in [0.717, 1.165) is 0 Å². The second-order valence-electron chi connectivity index (χ2n) is 2.02. The maximum Gasteiger partial charge on any atom is 0.317 e. The van der Waals surface area contributed by atoms with Crippen LogP contribution in [0.4, 0.5) is 0 Å². The van der Waals surface area contributed by atoms with Gasteiger partial charge in [0, 0.05) is 0 Å². The Morgan fingerprint density at radius 2 is 1.92 bits per heavy atom. The van der Waals surface area contributed by atoms with E-state index >= 15 is 0 Å². The molecule has 0 aliphatic carbocycles. The first kappa shape index (κ1) is 14.2. The van der Waals surface area contributed by atoms with Gasteiger partial charge in [-0.2, -0.15) is 0 Å². The number of amides is 1. The maximum atomic E-state index is 9.77. The Balaban J connectivity index is 0. The Morgan fingerprint density at radius 3 is 2.00 bits per heavy atom. The summed E-state index contributed by atoms with van der Waals surface area (Å²) >= 11 is 0. The molecule has 1 unspecified atom stereocenters. The lowest BCUT2D eigenvalue weighted by atomic mass is 10.4. The Kier molecular flexibility index (Phi) is 12.5. The van der Waals surface area contributed by atoms with Gasteiger partial charge in [-0.05, 0) is 0 Å². The fraction of sp³-hybridized carbons (Fsp3) is 0.833. The van der Waals surface area contributed by atoms with Crippen LogP contribution >= 0.6 is 8.25 Å². The maximum absolute atomic E-state index is 9.77. The van der Waals surface area contributed by atoms with Gasteiger partial charge >= 0.3 is 8.25 Å². The number of hydrogen-bond acceptors (Lipinski definition) is 3. The fourth-order valence-corrected chi connectivity index (χ4v) is 0.399. The van der Waals surface area contributed by atoms with Crippen molar-refractivity contribution in [2.75, 3.05) is 6.61 Å². The fourth-order valence-electron chi connectivity index (χ4n) is 0.133. The van der Waals surface area contributed by atoms with Gasteiger partial charge in [-0.25, -0.2) is 0 Å². The van der Waals surface area contributed by atoms with Crippen molar-refractivity contribution in [2.24, 2.45) is 5.73 Å². The molecule has 0 aliphatic heterocycles. The molecule has 0 aliphatic rings. The van der Waals surface area contributed by atoms with Crippen LogP contribution in [0.15, 0.2) is 0 Å². The predicted octanol–water partition coefficient (Wildman–Crippen LogP) is 0.677. The summed E-state index contributed by atoms with van der Waals surface area (Å²) in [6.07, 6.45) is 2.64. The van der Waals surface area contributed by atoms with Crippen molar-refractivity contribution in [3.8, 4) is 0 Å². The predicted molar refractivity (Wildman–Crippen MR) is 46.9 cm³/mol. The zero-order chi connectivity index (χ0) is 9.98. The summed E-state index contributed by atoms with van der Waals surface area (Å²) in [4.78, 5) is 17.7. The molecular weight excluding hydrogens is 181 g/mol. The van der Waals surface area contributed by atoms with E-state index in [1.807, 2.05) is 0 Å². The molecule has 0 rings (SSSR count). The highest BCUT2D eigenvalue weighted by molar-refractivity contribution is 7.32. The van der Waals surface area contributed by atoms with E-state index in [1.54, 1.807) is 0 Å². The number of nitrogens with two attached hydrogens (primary N) is 1. The molecule has 0 radical (unpaired) electrons. The molecule has 0 aromatic heterocycles. The van der Waals surface area contributed by atoms with E-state index in [-0.39, 0.29) is 0 Å². The summed E-state index contributed by atoms with van der Waals surface area (Å²) in [5, 5.41) is 0. The molecule has 1 amide bonds. The second-order valence-corrected chi connectivity index (χ2v) is 2.84. The number of carbonyl (C=O) groups excluding carboxylic acids is 1. The van der Waals surface area contributed by atoms with Crippen molar-refractivity contribution >= 4 is 14.2 Å². The Morgan fingerprint density at radius 1 is 1.50 bits per heavy atom. The highest BCUT2D eigenvalue weighted by atomic mass is 31.1. The van der Waals surface area contributed by atoms with E-state index in [9.17, 15) is 9.36 Å². The van der Waals surface area contributed by atoms with E-state index < -0.39 is 20.8 Å². The summed E-state index contributed by atoms with van der Waals surface area (Å²) in [5.41, 5.74) is 4.54. The quantitative estimate of drug-likeness (QED) is 0.648. The van der Waals surface area contributed by atoms with Crippen LogP contribution in [0.25, 0.3) is 0 Å². The van der Waals surface area contributed by atoms with E-state index in [4.69, 9.17) is 4.89 Å². The lowest BCUT2D eigenvalue weighted by molar-refractivity contribution is -0.120. The Labute approximate surface area is 72.9 Å². The molecular formula is C6H16NO4P. The molecule has 6 heteroatoms. The number of unbranched alkanes of at least 4 members (excludes halogenated alkanes) is 1. The normalized spacial score (nSPS) is 11.2.